The Morgan fingerprint density at radius 2 is 1.88 bits per heavy atom. The van der Waals surface area contributed by atoms with E-state index in [0.717, 1.165) is 30.0 Å². The minimum Gasteiger partial charge on any atom is -0.472 e. The van der Waals surface area contributed by atoms with E-state index in [9.17, 15) is 4.79 Å². The number of furan rings is 1. The maximum atomic E-state index is 11.8. The summed E-state index contributed by atoms with van der Waals surface area (Å²) < 4.78 is 10.7. The molecule has 7 heteroatoms. The Kier molecular flexibility index (Phi) is 5.55. The monoisotopic (exact) mass is 344 g/mol. The number of urea groups is 1. The molecule has 1 aliphatic rings. The molecule has 0 radical (unpaired) electrons. The number of anilines is 1. The number of carbonyl (C=O) groups excluding carboxylic acids is 1. The fraction of sp³-hybridized carbons (Fsp3) is 0.444. The molecule has 0 aromatic carbocycles. The van der Waals surface area contributed by atoms with Gasteiger partial charge in [-0.05, 0) is 31.5 Å². The van der Waals surface area contributed by atoms with Crippen LogP contribution >= 0.6 is 0 Å². The van der Waals surface area contributed by atoms with Gasteiger partial charge in [0.05, 0.1) is 24.7 Å². The molecule has 0 aliphatic carbocycles. The smallest absolute Gasteiger partial charge is 0.315 e. The molecule has 1 fully saturated rings. The van der Waals surface area contributed by atoms with Crippen molar-refractivity contribution < 1.29 is 13.9 Å². The normalized spacial score (nSPS) is 20.3. The number of amides is 2. The molecule has 2 atom stereocenters. The summed E-state index contributed by atoms with van der Waals surface area (Å²) in [5.74, 6) is 0.940. The van der Waals surface area contributed by atoms with Crippen LogP contribution in [-0.4, -0.2) is 36.3 Å². The van der Waals surface area contributed by atoms with Gasteiger partial charge in [-0.1, -0.05) is 6.07 Å². The molecule has 0 bridgehead atoms. The lowest BCUT2D eigenvalue weighted by Gasteiger charge is -2.36. The molecule has 2 aromatic rings. The van der Waals surface area contributed by atoms with Crippen LogP contribution < -0.4 is 15.5 Å². The zero-order chi connectivity index (χ0) is 17.6. The van der Waals surface area contributed by atoms with Gasteiger partial charge in [0.1, 0.15) is 5.82 Å². The van der Waals surface area contributed by atoms with Crippen LogP contribution in [0.25, 0.3) is 0 Å². The van der Waals surface area contributed by atoms with Gasteiger partial charge in [-0.3, -0.25) is 0 Å². The van der Waals surface area contributed by atoms with Gasteiger partial charge in [-0.25, -0.2) is 9.78 Å². The van der Waals surface area contributed by atoms with Crippen LogP contribution in [0.15, 0.2) is 41.3 Å². The average Bonchev–Trinajstić information content (AvgIpc) is 3.11. The van der Waals surface area contributed by atoms with Gasteiger partial charge in [0, 0.05) is 37.9 Å². The van der Waals surface area contributed by atoms with Crippen LogP contribution in [-0.2, 0) is 17.8 Å². The minimum atomic E-state index is -0.221. The quantitative estimate of drug-likeness (QED) is 0.870. The van der Waals surface area contributed by atoms with Crippen molar-refractivity contribution in [2.75, 3.05) is 18.0 Å². The summed E-state index contributed by atoms with van der Waals surface area (Å²) in [6.07, 6.45) is 5.39. The zero-order valence-electron chi connectivity index (χ0n) is 14.6. The molecular formula is C18H24N4O3. The molecule has 1 saturated heterocycles. The fourth-order valence-corrected chi connectivity index (χ4v) is 2.89. The topological polar surface area (TPSA) is 79.6 Å². The molecule has 134 valence electrons. The average molecular weight is 344 g/mol. The summed E-state index contributed by atoms with van der Waals surface area (Å²) in [5.41, 5.74) is 1.88. The van der Waals surface area contributed by atoms with E-state index >= 15 is 0 Å². The van der Waals surface area contributed by atoms with E-state index in [-0.39, 0.29) is 18.2 Å². The van der Waals surface area contributed by atoms with Gasteiger partial charge in [-0.15, -0.1) is 0 Å². The number of aromatic nitrogens is 1. The van der Waals surface area contributed by atoms with Gasteiger partial charge >= 0.3 is 6.03 Å². The highest BCUT2D eigenvalue weighted by molar-refractivity contribution is 5.73. The lowest BCUT2D eigenvalue weighted by molar-refractivity contribution is -0.00546. The number of ether oxygens (including phenoxy) is 1. The highest BCUT2D eigenvalue weighted by atomic mass is 16.5. The molecule has 7 nitrogen and oxygen atoms in total. The summed E-state index contributed by atoms with van der Waals surface area (Å²) in [7, 11) is 0. The van der Waals surface area contributed by atoms with E-state index < -0.39 is 0 Å². The second-order valence-electron chi connectivity index (χ2n) is 6.35. The lowest BCUT2D eigenvalue weighted by atomic mass is 10.2. The summed E-state index contributed by atoms with van der Waals surface area (Å²) in [6, 6.07) is 5.58. The lowest BCUT2D eigenvalue weighted by Crippen LogP contribution is -2.45. The Labute approximate surface area is 147 Å². The maximum absolute atomic E-state index is 11.8. The maximum Gasteiger partial charge on any atom is 0.315 e. The third-order valence-corrected chi connectivity index (χ3v) is 4.04. The van der Waals surface area contributed by atoms with Crippen LogP contribution in [0.3, 0.4) is 0 Å². The van der Waals surface area contributed by atoms with Crippen LogP contribution in [0.2, 0.25) is 0 Å². The summed E-state index contributed by atoms with van der Waals surface area (Å²) in [4.78, 5) is 18.6. The molecule has 0 unspecified atom stereocenters. The van der Waals surface area contributed by atoms with Crippen molar-refractivity contribution in [3.63, 3.8) is 0 Å². The highest BCUT2D eigenvalue weighted by Crippen LogP contribution is 2.18. The molecule has 3 heterocycles. The molecule has 0 spiro atoms. The molecule has 2 aromatic heterocycles. The second kappa shape index (κ2) is 8.02. The summed E-state index contributed by atoms with van der Waals surface area (Å²) in [5, 5.41) is 5.60. The number of nitrogens with one attached hydrogen (secondary N) is 2. The number of carbonyl (C=O) groups is 1. The van der Waals surface area contributed by atoms with Gasteiger partial charge in [0.15, 0.2) is 0 Å². The number of pyridine rings is 1. The number of rotatable bonds is 5. The Morgan fingerprint density at radius 1 is 1.16 bits per heavy atom. The van der Waals surface area contributed by atoms with Crippen molar-refractivity contribution in [3.05, 3.63) is 48.0 Å². The van der Waals surface area contributed by atoms with E-state index in [1.54, 1.807) is 18.7 Å². The number of hydrogen-bond donors (Lipinski definition) is 2. The Balaban J connectivity index is 1.46. The highest BCUT2D eigenvalue weighted by Gasteiger charge is 2.22. The van der Waals surface area contributed by atoms with Crippen LogP contribution in [0.5, 0.6) is 0 Å². The third kappa shape index (κ3) is 4.96. The first-order chi connectivity index (χ1) is 12.1. The second-order valence-corrected chi connectivity index (χ2v) is 6.35. The van der Waals surface area contributed by atoms with Crippen LogP contribution in [0, 0.1) is 0 Å². The summed E-state index contributed by atoms with van der Waals surface area (Å²) in [6.45, 7) is 6.69. The van der Waals surface area contributed by atoms with Gasteiger partial charge in [0.25, 0.3) is 0 Å². The SMILES string of the molecule is C[C@@H]1CN(c2ccc(CNC(=O)NCc3ccoc3)cn2)C[C@H](C)O1. The van der Waals surface area contributed by atoms with Gasteiger partial charge < -0.3 is 24.7 Å². The molecular weight excluding hydrogens is 320 g/mol. The first kappa shape index (κ1) is 17.3. The Bertz CT molecular complexity index is 662. The van der Waals surface area contributed by atoms with Crippen molar-refractivity contribution in [2.45, 2.75) is 39.1 Å². The zero-order valence-corrected chi connectivity index (χ0v) is 14.6. The van der Waals surface area contributed by atoms with Crippen molar-refractivity contribution in [3.8, 4) is 0 Å². The van der Waals surface area contributed by atoms with Crippen molar-refractivity contribution >= 4 is 11.8 Å². The van der Waals surface area contributed by atoms with Crippen molar-refractivity contribution in [1.82, 2.24) is 15.6 Å². The minimum absolute atomic E-state index is 0.200. The first-order valence-corrected chi connectivity index (χ1v) is 8.48. The third-order valence-electron chi connectivity index (χ3n) is 4.04. The largest absolute Gasteiger partial charge is 0.472 e. The van der Waals surface area contributed by atoms with Gasteiger partial charge in [-0.2, -0.15) is 0 Å². The van der Waals surface area contributed by atoms with Gasteiger partial charge in [0.2, 0.25) is 0 Å². The van der Waals surface area contributed by atoms with E-state index in [2.05, 4.69) is 34.4 Å². The van der Waals surface area contributed by atoms with Crippen molar-refractivity contribution in [2.24, 2.45) is 0 Å². The first-order valence-electron chi connectivity index (χ1n) is 8.48. The molecule has 2 amide bonds. The van der Waals surface area contributed by atoms with E-state index in [4.69, 9.17) is 9.15 Å². The van der Waals surface area contributed by atoms with E-state index in [1.165, 1.54) is 0 Å². The number of hydrogen-bond acceptors (Lipinski definition) is 5. The van der Waals surface area contributed by atoms with Crippen molar-refractivity contribution in [1.29, 1.82) is 0 Å². The molecule has 25 heavy (non-hydrogen) atoms. The number of nitrogens with zero attached hydrogens (tertiary/aromatic N) is 2. The van der Waals surface area contributed by atoms with E-state index in [1.807, 2.05) is 18.2 Å². The molecule has 0 saturated carbocycles. The predicted molar refractivity (Wildman–Crippen MR) is 94.2 cm³/mol. The molecule has 1 aliphatic heterocycles. The predicted octanol–water partition coefficient (Wildman–Crippen LogP) is 2.29. The fourth-order valence-electron chi connectivity index (χ4n) is 2.89. The standard InChI is InChI=1S/C18H24N4O3/c1-13-10-22(11-14(2)25-13)17-4-3-15(7-19-17)8-20-18(23)21-9-16-5-6-24-12-16/h3-7,12-14H,8-11H2,1-2H3,(H2,20,21,23)/t13-,14+. The summed E-state index contributed by atoms with van der Waals surface area (Å²) >= 11 is 0. The number of morpholine rings is 1. The Morgan fingerprint density at radius 3 is 2.48 bits per heavy atom. The Hall–Kier alpha value is -2.54. The van der Waals surface area contributed by atoms with Crippen LogP contribution in [0.1, 0.15) is 25.0 Å². The van der Waals surface area contributed by atoms with E-state index in [0.29, 0.717) is 13.1 Å². The molecule has 2 N–H and O–H groups in total. The van der Waals surface area contributed by atoms with Crippen LogP contribution in [0.4, 0.5) is 10.6 Å². The molecule has 3 rings (SSSR count).